The molecule has 0 aliphatic heterocycles. The van der Waals surface area contributed by atoms with Crippen molar-refractivity contribution in [3.05, 3.63) is 18.2 Å². The summed E-state index contributed by atoms with van der Waals surface area (Å²) >= 11 is 0. The van der Waals surface area contributed by atoms with Gasteiger partial charge in [0.15, 0.2) is 0 Å². The van der Waals surface area contributed by atoms with Crippen LogP contribution in [-0.4, -0.2) is 34.2 Å². The number of halogens is 3. The first-order valence-corrected chi connectivity index (χ1v) is 7.79. The summed E-state index contributed by atoms with van der Waals surface area (Å²) < 4.78 is 64.3. The summed E-state index contributed by atoms with van der Waals surface area (Å²) in [7, 11) is -2.69. The molecule has 1 aliphatic carbocycles. The van der Waals surface area contributed by atoms with E-state index in [0.29, 0.717) is 12.8 Å². The number of nitrogens with zero attached hydrogens (tertiary/aromatic N) is 1. The lowest BCUT2D eigenvalue weighted by Gasteiger charge is -2.28. The topological polar surface area (TPSA) is 75.4 Å². The van der Waals surface area contributed by atoms with Crippen molar-refractivity contribution in [3.8, 4) is 0 Å². The maximum atomic E-state index is 12.7. The van der Waals surface area contributed by atoms with E-state index in [-0.39, 0.29) is 22.3 Å². The van der Waals surface area contributed by atoms with Gasteiger partial charge in [-0.1, -0.05) is 0 Å². The third kappa shape index (κ3) is 3.79. The predicted molar refractivity (Wildman–Crippen MR) is 73.5 cm³/mol. The molecule has 1 aromatic rings. The Hall–Kier alpha value is -1.48. The number of benzene rings is 1. The van der Waals surface area contributed by atoms with E-state index in [9.17, 15) is 21.6 Å². The largest absolute Gasteiger partial charge is 0.405 e. The van der Waals surface area contributed by atoms with E-state index >= 15 is 0 Å². The molecule has 5 nitrogen and oxygen atoms in total. The van der Waals surface area contributed by atoms with E-state index in [1.54, 1.807) is 0 Å². The molecule has 0 heterocycles. The molecule has 0 atom stereocenters. The first kappa shape index (κ1) is 15.9. The maximum absolute atomic E-state index is 12.7. The molecular weight excluding hydrogens is 307 g/mol. The van der Waals surface area contributed by atoms with Gasteiger partial charge < -0.3 is 10.6 Å². The molecule has 0 radical (unpaired) electrons. The molecule has 21 heavy (non-hydrogen) atoms. The zero-order valence-corrected chi connectivity index (χ0v) is 12.1. The number of alkyl halides is 3. The Labute approximate surface area is 121 Å². The van der Waals surface area contributed by atoms with Crippen LogP contribution in [0.15, 0.2) is 23.1 Å². The Morgan fingerprint density at radius 3 is 2.48 bits per heavy atom. The van der Waals surface area contributed by atoms with Gasteiger partial charge in [-0.25, -0.2) is 13.1 Å². The lowest BCUT2D eigenvalue weighted by molar-refractivity contribution is -0.120. The number of hydrogen-bond donors (Lipinski definition) is 2. The third-order valence-corrected chi connectivity index (χ3v) is 4.63. The fraction of sp³-hybridized carbons (Fsp3) is 0.500. The fourth-order valence-corrected chi connectivity index (χ4v) is 3.06. The van der Waals surface area contributed by atoms with E-state index in [2.05, 4.69) is 4.72 Å². The summed E-state index contributed by atoms with van der Waals surface area (Å²) in [5.74, 6) is 0. The molecular formula is C12H16F3N3O2S. The van der Waals surface area contributed by atoms with Gasteiger partial charge in [0.05, 0.1) is 5.69 Å². The Morgan fingerprint density at radius 1 is 1.38 bits per heavy atom. The van der Waals surface area contributed by atoms with Crippen molar-refractivity contribution >= 4 is 21.4 Å². The molecule has 0 amide bonds. The minimum atomic E-state index is -4.41. The summed E-state index contributed by atoms with van der Waals surface area (Å²) in [6, 6.07) is 3.60. The number of nitrogen functional groups attached to an aromatic ring is 1. The lowest BCUT2D eigenvalue weighted by atomic mass is 10.2. The van der Waals surface area contributed by atoms with Crippen LogP contribution >= 0.6 is 0 Å². The van der Waals surface area contributed by atoms with Gasteiger partial charge in [-0.3, -0.25) is 0 Å². The van der Waals surface area contributed by atoms with Crippen LogP contribution in [0.1, 0.15) is 12.8 Å². The smallest absolute Gasteiger partial charge is 0.399 e. The molecule has 3 N–H and O–H groups in total. The van der Waals surface area contributed by atoms with Gasteiger partial charge in [0.2, 0.25) is 10.0 Å². The van der Waals surface area contributed by atoms with Crippen LogP contribution in [0.4, 0.5) is 24.5 Å². The van der Waals surface area contributed by atoms with E-state index in [4.69, 9.17) is 5.73 Å². The molecule has 1 aliphatic rings. The van der Waals surface area contributed by atoms with E-state index in [1.165, 1.54) is 25.2 Å². The van der Waals surface area contributed by atoms with Crippen LogP contribution in [0.25, 0.3) is 0 Å². The van der Waals surface area contributed by atoms with Gasteiger partial charge in [0.1, 0.15) is 11.4 Å². The van der Waals surface area contributed by atoms with Crippen LogP contribution in [0.3, 0.4) is 0 Å². The number of rotatable bonds is 5. The molecule has 1 fully saturated rings. The van der Waals surface area contributed by atoms with Crippen molar-refractivity contribution in [2.24, 2.45) is 0 Å². The van der Waals surface area contributed by atoms with Crippen LogP contribution in [0, 0.1) is 0 Å². The van der Waals surface area contributed by atoms with Crippen molar-refractivity contribution in [2.45, 2.75) is 30.0 Å². The number of nitrogens with one attached hydrogen (secondary N) is 1. The highest BCUT2D eigenvalue weighted by atomic mass is 32.2. The Morgan fingerprint density at radius 2 is 2.00 bits per heavy atom. The van der Waals surface area contributed by atoms with Crippen LogP contribution in [-0.2, 0) is 10.0 Å². The molecule has 1 aromatic carbocycles. The zero-order valence-electron chi connectivity index (χ0n) is 11.3. The van der Waals surface area contributed by atoms with Gasteiger partial charge in [0.25, 0.3) is 0 Å². The van der Waals surface area contributed by atoms with Gasteiger partial charge in [0, 0.05) is 11.7 Å². The summed E-state index contributed by atoms with van der Waals surface area (Å²) in [4.78, 5) is 0.852. The quantitative estimate of drug-likeness (QED) is 0.809. The second-order valence-corrected chi connectivity index (χ2v) is 6.76. The number of sulfonamides is 1. The highest BCUT2D eigenvalue weighted by Crippen LogP contribution is 2.38. The van der Waals surface area contributed by atoms with E-state index in [1.807, 2.05) is 0 Å². The van der Waals surface area contributed by atoms with Gasteiger partial charge in [-0.15, -0.1) is 0 Å². The van der Waals surface area contributed by atoms with Crippen LogP contribution in [0.5, 0.6) is 0 Å². The summed E-state index contributed by atoms with van der Waals surface area (Å²) in [5.41, 5.74) is 5.77. The maximum Gasteiger partial charge on any atom is 0.405 e. The Bertz CT molecular complexity index is 627. The van der Waals surface area contributed by atoms with Crippen molar-refractivity contribution in [2.75, 3.05) is 24.2 Å². The zero-order chi connectivity index (χ0) is 15.8. The molecule has 0 saturated heterocycles. The molecule has 118 valence electrons. The highest BCUT2D eigenvalue weighted by Gasteiger charge is 2.40. The average molecular weight is 323 g/mol. The molecule has 1 saturated carbocycles. The average Bonchev–Trinajstić information content (AvgIpc) is 3.19. The second kappa shape index (κ2) is 5.38. The summed E-state index contributed by atoms with van der Waals surface area (Å²) in [6.07, 6.45) is -3.19. The van der Waals surface area contributed by atoms with Crippen molar-refractivity contribution in [1.82, 2.24) is 4.72 Å². The van der Waals surface area contributed by atoms with Crippen molar-refractivity contribution in [3.63, 3.8) is 0 Å². The van der Waals surface area contributed by atoms with E-state index in [0.717, 1.165) is 4.90 Å². The molecule has 0 spiro atoms. The van der Waals surface area contributed by atoms with Gasteiger partial charge in [-0.2, -0.15) is 13.2 Å². The first-order valence-electron chi connectivity index (χ1n) is 6.30. The third-order valence-electron chi connectivity index (χ3n) is 3.19. The molecule has 0 bridgehead atoms. The van der Waals surface area contributed by atoms with Crippen LogP contribution in [0.2, 0.25) is 0 Å². The predicted octanol–water partition coefficient (Wildman–Crippen LogP) is 1.71. The van der Waals surface area contributed by atoms with Gasteiger partial charge >= 0.3 is 6.18 Å². The summed E-state index contributed by atoms with van der Waals surface area (Å²) in [5, 5.41) is 0. The number of nitrogens with two attached hydrogens (primary N) is 1. The second-order valence-electron chi connectivity index (χ2n) is 4.91. The number of anilines is 2. The van der Waals surface area contributed by atoms with Crippen molar-refractivity contribution < 1.29 is 21.6 Å². The van der Waals surface area contributed by atoms with Crippen molar-refractivity contribution in [1.29, 1.82) is 0 Å². The Balaban J connectivity index is 2.50. The normalized spacial score (nSPS) is 16.0. The lowest BCUT2D eigenvalue weighted by Crippen LogP contribution is -2.37. The Kier molecular flexibility index (Phi) is 4.07. The van der Waals surface area contributed by atoms with Gasteiger partial charge in [-0.05, 0) is 38.1 Å². The number of hydrogen-bond acceptors (Lipinski definition) is 4. The first-order chi connectivity index (χ1) is 9.64. The minimum absolute atomic E-state index is 0.0263. The molecule has 0 aromatic heterocycles. The van der Waals surface area contributed by atoms with E-state index < -0.39 is 22.7 Å². The molecule has 2 rings (SSSR count). The minimum Gasteiger partial charge on any atom is -0.399 e. The monoisotopic (exact) mass is 323 g/mol. The standard InChI is InChI=1S/C12H16F3N3O2S/c1-17-21(19,20)11-6-8(16)2-5-10(11)18(9-3-4-9)7-12(13,14)15/h2,5-6,9,17H,3-4,7,16H2,1H3. The SMILES string of the molecule is CNS(=O)(=O)c1cc(N)ccc1N(CC(F)(F)F)C1CC1. The molecule has 9 heteroatoms. The molecule has 0 unspecified atom stereocenters. The highest BCUT2D eigenvalue weighted by molar-refractivity contribution is 7.89. The fourth-order valence-electron chi connectivity index (χ4n) is 2.08. The summed E-state index contributed by atoms with van der Waals surface area (Å²) in [6.45, 7) is -1.19. The van der Waals surface area contributed by atoms with Crippen LogP contribution < -0.4 is 15.4 Å².